The van der Waals surface area contributed by atoms with E-state index < -0.39 is 105 Å². The van der Waals surface area contributed by atoms with Crippen molar-refractivity contribution in [3.8, 4) is 5.75 Å². The largest absolute Gasteiger partial charge is 0.506 e. The smallest absolute Gasteiger partial charge is 0.481 e. The molecule has 36 heteroatoms. The van der Waals surface area contributed by atoms with Gasteiger partial charge < -0.3 is 71.1 Å². The number of pyridine rings is 1. The molecule has 0 saturated carbocycles. The Labute approximate surface area is 402 Å². The lowest BCUT2D eigenvalue weighted by Crippen LogP contribution is -2.46. The highest BCUT2D eigenvalue weighted by Crippen LogP contribution is 2.61. The number of phosphoric ester groups is 4. The summed E-state index contributed by atoms with van der Waals surface area (Å²) in [7, 11) is -21.4. The first-order chi connectivity index (χ1) is 32.4. The number of aliphatic hydroxyl groups is 2. The van der Waals surface area contributed by atoms with Crippen molar-refractivity contribution < 1.29 is 104 Å². The van der Waals surface area contributed by atoms with Crippen LogP contribution in [0.2, 0.25) is 0 Å². The van der Waals surface area contributed by atoms with Crippen molar-refractivity contribution in [3.05, 3.63) is 35.7 Å². The van der Waals surface area contributed by atoms with Crippen LogP contribution in [-0.4, -0.2) is 149 Å². The molecule has 1 saturated heterocycles. The van der Waals surface area contributed by atoms with Crippen molar-refractivity contribution in [1.82, 2.24) is 40.5 Å². The number of aromatic hydroxyl groups is 1. The van der Waals surface area contributed by atoms with Crippen molar-refractivity contribution in [3.63, 3.8) is 0 Å². The summed E-state index contributed by atoms with van der Waals surface area (Å²) in [6, 6.07) is -0.703. The topological polar surface area (TPSA) is 476 Å². The fraction of sp³-hybridized carbons (Fsp3) is 0.618. The van der Waals surface area contributed by atoms with Gasteiger partial charge in [-0.1, -0.05) is 39.0 Å². The molecule has 31 nitrogen and oxygen atoms in total. The van der Waals surface area contributed by atoms with Crippen molar-refractivity contribution in [2.75, 3.05) is 37.8 Å². The standard InChI is InChI=1S/C34H55N9O22P4S/c1-5-6-21(39-12-20-19(13-60-66(50,51)52)11-38-18(2)25(20)45)33(49)70-10-9-36-23(44)7-8-37-31(48)28(47)34(3,4)15-62-69(58,59)65-68(56,57)61-14-22-27(64-67(53,54)55)26(46)32(63-22)43-17-42-24-29(35)40-16-41-30(24)43/h11,16-17,21-22,26-28,32,39,45-47H,5-10,12-15H2,1-4H3,(H,36,44)(H,37,48)(H,56,57)(H,58,59)(H2,35,40,41)(H2,50,51,52)(H2,53,54,55). The molecule has 0 aromatic carbocycles. The first-order valence-corrected chi connectivity index (χ1v) is 27.6. The quantitative estimate of drug-likeness (QED) is 0.0326. The summed E-state index contributed by atoms with van der Waals surface area (Å²) in [5.41, 5.74) is 4.85. The van der Waals surface area contributed by atoms with E-state index in [1.165, 1.54) is 27.0 Å². The second kappa shape index (κ2) is 25.0. The van der Waals surface area contributed by atoms with Crippen LogP contribution < -0.4 is 21.7 Å². The van der Waals surface area contributed by atoms with Crippen LogP contribution in [0.5, 0.6) is 5.75 Å². The van der Waals surface area contributed by atoms with Gasteiger partial charge >= 0.3 is 31.3 Å². The van der Waals surface area contributed by atoms with Crippen molar-refractivity contribution >= 4 is 77.0 Å². The Kier molecular flexibility index (Phi) is 21.1. The lowest BCUT2D eigenvalue weighted by atomic mass is 9.87. The van der Waals surface area contributed by atoms with Gasteiger partial charge in [0.2, 0.25) is 16.9 Å². The van der Waals surface area contributed by atoms with E-state index in [4.69, 9.17) is 29.3 Å². The number of phosphoric acid groups is 4. The normalized spacial score (nSPS) is 20.4. The third-order valence-corrected chi connectivity index (χ3v) is 14.5. The van der Waals surface area contributed by atoms with Gasteiger partial charge in [-0.25, -0.2) is 33.2 Å². The molecule has 0 spiro atoms. The molecule has 14 N–H and O–H groups in total. The van der Waals surface area contributed by atoms with E-state index in [1.807, 2.05) is 6.92 Å². The zero-order chi connectivity index (χ0) is 52.4. The van der Waals surface area contributed by atoms with Gasteiger partial charge in [0, 0.05) is 54.5 Å². The maximum atomic E-state index is 13.0. The fourth-order valence-electron chi connectivity index (χ4n) is 6.36. The Morgan fingerprint density at radius 1 is 0.971 bits per heavy atom. The summed E-state index contributed by atoms with van der Waals surface area (Å²) in [6.45, 7) is 2.85. The number of nitrogens with one attached hydrogen (secondary N) is 3. The minimum atomic E-state index is -5.62. The zero-order valence-corrected chi connectivity index (χ0v) is 42.0. The van der Waals surface area contributed by atoms with Gasteiger partial charge in [0.05, 0.1) is 37.9 Å². The first-order valence-electron chi connectivity index (χ1n) is 20.6. The second-order valence-corrected chi connectivity index (χ2v) is 22.5. The third kappa shape index (κ3) is 17.7. The lowest BCUT2D eigenvalue weighted by Gasteiger charge is -2.30. The van der Waals surface area contributed by atoms with E-state index in [2.05, 4.69) is 49.2 Å². The molecule has 0 aliphatic carbocycles. The summed E-state index contributed by atoms with van der Waals surface area (Å²) in [5, 5.41) is 39.8. The molecule has 3 aromatic heterocycles. The Morgan fingerprint density at radius 3 is 2.31 bits per heavy atom. The fourth-order valence-corrected chi connectivity index (χ4v) is 10.3. The molecule has 8 atom stereocenters. The number of aryl methyl sites for hydroxylation is 1. The molecule has 0 bridgehead atoms. The molecule has 70 heavy (non-hydrogen) atoms. The number of amides is 2. The SMILES string of the molecule is CCCC(NCc1c(COP(=O)(O)O)cnc(C)c1O)C(=O)SCCNC(=O)CCNC(=O)C(O)C(C)(C)COP(=O)(O)OP(=O)(O)OCC1OC(n2cnc3c(N)ncnc32)C(O)C1OP(=O)(O)O. The number of hydrogen-bond donors (Lipinski definition) is 13. The molecule has 4 heterocycles. The van der Waals surface area contributed by atoms with Crippen LogP contribution in [0.15, 0.2) is 18.9 Å². The molecule has 1 fully saturated rings. The highest BCUT2D eigenvalue weighted by Gasteiger charge is 2.50. The molecule has 394 valence electrons. The maximum absolute atomic E-state index is 13.0. The predicted molar refractivity (Wildman–Crippen MR) is 240 cm³/mol. The zero-order valence-electron chi connectivity index (χ0n) is 37.6. The summed E-state index contributed by atoms with van der Waals surface area (Å²) in [4.78, 5) is 112. The number of hydrogen-bond acceptors (Lipinski definition) is 23. The molecule has 8 unspecified atom stereocenters. The molecule has 3 aromatic rings. The Balaban J connectivity index is 1.19. The van der Waals surface area contributed by atoms with Gasteiger partial charge in [0.15, 0.2) is 17.7 Å². The maximum Gasteiger partial charge on any atom is 0.481 e. The highest BCUT2D eigenvalue weighted by molar-refractivity contribution is 8.13. The van der Waals surface area contributed by atoms with E-state index in [9.17, 15) is 67.5 Å². The Morgan fingerprint density at radius 2 is 1.66 bits per heavy atom. The number of carbonyl (C=O) groups is 3. The van der Waals surface area contributed by atoms with Crippen LogP contribution in [0.25, 0.3) is 11.2 Å². The minimum absolute atomic E-state index is 0.0104. The Hall–Kier alpha value is -3.42. The number of thioether (sulfide) groups is 1. The summed E-state index contributed by atoms with van der Waals surface area (Å²) in [5.74, 6) is -1.72. The first kappa shape index (κ1) is 59.1. The van der Waals surface area contributed by atoms with E-state index in [0.717, 1.165) is 29.0 Å². The van der Waals surface area contributed by atoms with Crippen LogP contribution >= 0.6 is 43.1 Å². The summed E-state index contributed by atoms with van der Waals surface area (Å²) < 4.78 is 78.2. The number of nitrogens with zero attached hydrogens (tertiary/aromatic N) is 5. The van der Waals surface area contributed by atoms with Gasteiger partial charge in [-0.05, 0) is 13.3 Å². The van der Waals surface area contributed by atoms with Crippen molar-refractivity contribution in [1.29, 1.82) is 0 Å². The Bertz CT molecular complexity index is 2510. The van der Waals surface area contributed by atoms with Gasteiger partial charge in [-0.3, -0.25) is 42.0 Å². The number of imidazole rings is 1. The number of nitrogens with two attached hydrogens (primary N) is 1. The van der Waals surface area contributed by atoms with E-state index in [-0.39, 0.29) is 76.5 Å². The van der Waals surface area contributed by atoms with Gasteiger partial charge in [0.1, 0.15) is 42.0 Å². The van der Waals surface area contributed by atoms with Crippen LogP contribution in [0, 0.1) is 12.3 Å². The average molecular weight is 1100 g/mol. The number of fused-ring (bicyclic) bond motifs is 1. The van der Waals surface area contributed by atoms with Crippen LogP contribution in [0.1, 0.15) is 63.1 Å². The highest BCUT2D eigenvalue weighted by atomic mass is 32.2. The van der Waals surface area contributed by atoms with Gasteiger partial charge in [0.25, 0.3) is 0 Å². The van der Waals surface area contributed by atoms with Gasteiger partial charge in [-0.2, -0.15) is 4.31 Å². The van der Waals surface area contributed by atoms with E-state index in [0.29, 0.717) is 12.8 Å². The van der Waals surface area contributed by atoms with Gasteiger partial charge in [-0.15, -0.1) is 0 Å². The van der Waals surface area contributed by atoms with Crippen molar-refractivity contribution in [2.24, 2.45) is 5.41 Å². The number of carbonyl (C=O) groups excluding carboxylic acids is 3. The molecular formula is C34H55N9O22P4S. The number of rotatable bonds is 28. The van der Waals surface area contributed by atoms with E-state index >= 15 is 0 Å². The summed E-state index contributed by atoms with van der Waals surface area (Å²) >= 11 is 0.914. The van der Waals surface area contributed by atoms with Crippen LogP contribution in [0.3, 0.4) is 0 Å². The number of nitrogen functional groups attached to an aromatic ring is 1. The van der Waals surface area contributed by atoms with Crippen LogP contribution in [0.4, 0.5) is 5.82 Å². The molecule has 2 amide bonds. The molecule has 0 radical (unpaired) electrons. The lowest BCUT2D eigenvalue weighted by molar-refractivity contribution is -0.137. The molecule has 1 aliphatic rings. The number of aliphatic hydroxyl groups excluding tert-OH is 2. The monoisotopic (exact) mass is 1100 g/mol. The second-order valence-electron chi connectivity index (χ2n) is 15.9. The average Bonchev–Trinajstić information content (AvgIpc) is 3.82. The molecular weight excluding hydrogens is 1040 g/mol. The molecule has 1 aliphatic heterocycles. The number of ether oxygens (including phenoxy) is 1. The van der Waals surface area contributed by atoms with Crippen LogP contribution in [-0.2, 0) is 72.9 Å². The third-order valence-electron chi connectivity index (χ3n) is 9.95. The number of anilines is 1. The number of aromatic nitrogens is 5. The predicted octanol–water partition coefficient (Wildman–Crippen LogP) is -0.358. The minimum Gasteiger partial charge on any atom is -0.506 e. The molecule has 4 rings (SSSR count). The van der Waals surface area contributed by atoms with Crippen molar-refractivity contribution in [2.45, 2.75) is 96.8 Å². The van der Waals surface area contributed by atoms with E-state index in [1.54, 1.807) is 0 Å². The summed E-state index contributed by atoms with van der Waals surface area (Å²) in [6.07, 6.45) is -4.95.